The van der Waals surface area contributed by atoms with Crippen molar-refractivity contribution >= 4 is 21.9 Å². The largest absolute Gasteiger partial charge is 0.477 e. The number of carboxylic acids is 1. The third-order valence-electron chi connectivity index (χ3n) is 2.61. The van der Waals surface area contributed by atoms with E-state index in [-0.39, 0.29) is 17.5 Å². The van der Waals surface area contributed by atoms with Gasteiger partial charge in [-0.05, 0) is 47.9 Å². The number of ether oxygens (including phenoxy) is 1. The van der Waals surface area contributed by atoms with Gasteiger partial charge in [-0.25, -0.2) is 9.78 Å². The lowest BCUT2D eigenvalue weighted by atomic mass is 10.1. The first-order valence-corrected chi connectivity index (χ1v) is 6.22. The fourth-order valence-corrected chi connectivity index (χ4v) is 2.08. The Kier molecular flexibility index (Phi) is 3.96. The van der Waals surface area contributed by atoms with Gasteiger partial charge < -0.3 is 15.2 Å². The zero-order valence-electron chi connectivity index (χ0n) is 9.15. The maximum atomic E-state index is 11.1. The number of halogens is 1. The Morgan fingerprint density at radius 1 is 1.53 bits per heavy atom. The van der Waals surface area contributed by atoms with Crippen molar-refractivity contribution in [1.29, 1.82) is 0 Å². The monoisotopic (exact) mass is 300 g/mol. The quantitative estimate of drug-likeness (QED) is 0.888. The smallest absolute Gasteiger partial charge is 0.341 e. The van der Waals surface area contributed by atoms with Crippen LogP contribution in [0.15, 0.2) is 16.7 Å². The second kappa shape index (κ2) is 5.46. The molecule has 2 rings (SSSR count). The van der Waals surface area contributed by atoms with Crippen LogP contribution >= 0.6 is 15.9 Å². The van der Waals surface area contributed by atoms with Gasteiger partial charge in [0.15, 0.2) is 0 Å². The van der Waals surface area contributed by atoms with Crippen LogP contribution in [0.1, 0.15) is 23.2 Å². The van der Waals surface area contributed by atoms with Crippen molar-refractivity contribution in [3.05, 3.63) is 22.3 Å². The lowest BCUT2D eigenvalue weighted by molar-refractivity contribution is 0.0684. The number of nitrogens with zero attached hydrogens (tertiary/aromatic N) is 1. The van der Waals surface area contributed by atoms with Gasteiger partial charge in [0.2, 0.25) is 5.88 Å². The summed E-state index contributed by atoms with van der Waals surface area (Å²) in [5, 5.41) is 12.3. The van der Waals surface area contributed by atoms with Crippen molar-refractivity contribution in [2.45, 2.75) is 18.9 Å². The summed E-state index contributed by atoms with van der Waals surface area (Å²) in [6.07, 6.45) is 3.33. The molecule has 1 aromatic heterocycles. The van der Waals surface area contributed by atoms with E-state index in [1.54, 1.807) is 6.20 Å². The Morgan fingerprint density at radius 2 is 2.24 bits per heavy atom. The van der Waals surface area contributed by atoms with Gasteiger partial charge in [0.1, 0.15) is 11.7 Å². The number of nitrogens with one attached hydrogen (secondary N) is 1. The van der Waals surface area contributed by atoms with Gasteiger partial charge in [-0.1, -0.05) is 0 Å². The molecule has 1 aliphatic rings. The van der Waals surface area contributed by atoms with E-state index in [0.29, 0.717) is 4.47 Å². The van der Waals surface area contributed by atoms with E-state index in [1.165, 1.54) is 6.07 Å². The molecule has 0 unspecified atom stereocenters. The number of carbonyl (C=O) groups is 1. The fraction of sp³-hybridized carbons (Fsp3) is 0.455. The van der Waals surface area contributed by atoms with Crippen molar-refractivity contribution in [3.63, 3.8) is 0 Å². The highest BCUT2D eigenvalue weighted by Gasteiger charge is 2.19. The van der Waals surface area contributed by atoms with Crippen LogP contribution in [0.3, 0.4) is 0 Å². The third-order valence-corrected chi connectivity index (χ3v) is 3.05. The average molecular weight is 301 g/mol. The molecule has 92 valence electrons. The van der Waals surface area contributed by atoms with E-state index >= 15 is 0 Å². The molecule has 5 nitrogen and oxygen atoms in total. The highest BCUT2D eigenvalue weighted by Crippen LogP contribution is 2.22. The Hall–Kier alpha value is -1.14. The molecular formula is C11H13BrN2O3. The molecule has 1 aliphatic heterocycles. The average Bonchev–Trinajstić information content (AvgIpc) is 2.32. The number of piperidine rings is 1. The first-order valence-electron chi connectivity index (χ1n) is 5.43. The Labute approximate surface area is 107 Å². The second-order valence-electron chi connectivity index (χ2n) is 3.88. The predicted molar refractivity (Wildman–Crippen MR) is 65.4 cm³/mol. The SMILES string of the molecule is O=C(O)c1cc(Br)cnc1OC1CCNCC1. The van der Waals surface area contributed by atoms with Gasteiger partial charge in [-0.2, -0.15) is 0 Å². The van der Waals surface area contributed by atoms with Gasteiger partial charge in [0.05, 0.1) is 0 Å². The zero-order valence-corrected chi connectivity index (χ0v) is 10.7. The summed E-state index contributed by atoms with van der Waals surface area (Å²) >= 11 is 3.20. The van der Waals surface area contributed by atoms with Crippen LogP contribution in [0.2, 0.25) is 0 Å². The van der Waals surface area contributed by atoms with E-state index in [0.717, 1.165) is 25.9 Å². The van der Waals surface area contributed by atoms with Crippen LogP contribution in [0.5, 0.6) is 5.88 Å². The maximum absolute atomic E-state index is 11.1. The standard InChI is InChI=1S/C11H13BrN2O3/c12-7-5-9(11(15)16)10(14-6-7)17-8-1-3-13-4-2-8/h5-6,8,13H,1-4H2,(H,15,16). The summed E-state index contributed by atoms with van der Waals surface area (Å²) in [5.41, 5.74) is 0.0953. The number of hydrogen-bond donors (Lipinski definition) is 2. The highest BCUT2D eigenvalue weighted by atomic mass is 79.9. The van der Waals surface area contributed by atoms with Crippen LogP contribution in [0.4, 0.5) is 0 Å². The minimum atomic E-state index is -1.03. The molecule has 0 radical (unpaired) electrons. The van der Waals surface area contributed by atoms with Crippen molar-refractivity contribution in [2.75, 3.05) is 13.1 Å². The summed E-state index contributed by atoms with van der Waals surface area (Å²) in [6, 6.07) is 1.51. The van der Waals surface area contributed by atoms with Crippen molar-refractivity contribution in [3.8, 4) is 5.88 Å². The zero-order chi connectivity index (χ0) is 12.3. The van der Waals surface area contributed by atoms with Crippen molar-refractivity contribution < 1.29 is 14.6 Å². The van der Waals surface area contributed by atoms with Crippen LogP contribution < -0.4 is 10.1 Å². The fourth-order valence-electron chi connectivity index (χ4n) is 1.75. The number of carboxylic acid groups (broad SMARTS) is 1. The molecule has 0 aromatic carbocycles. The van der Waals surface area contributed by atoms with E-state index < -0.39 is 5.97 Å². The number of aromatic carboxylic acids is 1. The number of hydrogen-bond acceptors (Lipinski definition) is 4. The summed E-state index contributed by atoms with van der Waals surface area (Å²) in [5.74, 6) is -0.824. The Balaban J connectivity index is 2.16. The normalized spacial score (nSPS) is 16.8. The highest BCUT2D eigenvalue weighted by molar-refractivity contribution is 9.10. The first kappa shape index (κ1) is 12.3. The number of aromatic nitrogens is 1. The summed E-state index contributed by atoms with van der Waals surface area (Å²) in [4.78, 5) is 15.1. The molecule has 0 aliphatic carbocycles. The van der Waals surface area contributed by atoms with Crippen LogP contribution in [0, 0.1) is 0 Å². The molecule has 6 heteroatoms. The second-order valence-corrected chi connectivity index (χ2v) is 4.79. The van der Waals surface area contributed by atoms with Crippen LogP contribution in [-0.4, -0.2) is 35.3 Å². The molecule has 0 bridgehead atoms. The minimum absolute atomic E-state index is 0.0445. The summed E-state index contributed by atoms with van der Waals surface area (Å²) < 4.78 is 6.28. The van der Waals surface area contributed by atoms with E-state index in [1.807, 2.05) is 0 Å². The molecule has 1 fully saturated rings. The minimum Gasteiger partial charge on any atom is -0.477 e. The molecule has 0 saturated carbocycles. The molecule has 2 heterocycles. The predicted octanol–water partition coefficient (Wildman–Crippen LogP) is 1.67. The summed E-state index contributed by atoms with van der Waals surface area (Å²) in [6.45, 7) is 1.78. The number of pyridine rings is 1. The molecule has 0 atom stereocenters. The molecule has 1 saturated heterocycles. The molecule has 17 heavy (non-hydrogen) atoms. The van der Waals surface area contributed by atoms with Gasteiger partial charge in [-0.3, -0.25) is 0 Å². The lowest BCUT2D eigenvalue weighted by Crippen LogP contribution is -2.34. The van der Waals surface area contributed by atoms with Gasteiger partial charge in [0.25, 0.3) is 0 Å². The van der Waals surface area contributed by atoms with E-state index in [4.69, 9.17) is 9.84 Å². The van der Waals surface area contributed by atoms with Crippen molar-refractivity contribution in [1.82, 2.24) is 10.3 Å². The Bertz CT molecular complexity index is 419. The molecule has 0 amide bonds. The number of rotatable bonds is 3. The lowest BCUT2D eigenvalue weighted by Gasteiger charge is -2.23. The first-order chi connectivity index (χ1) is 8.16. The third kappa shape index (κ3) is 3.17. The molecule has 2 N–H and O–H groups in total. The maximum Gasteiger partial charge on any atom is 0.341 e. The topological polar surface area (TPSA) is 71.5 Å². The van der Waals surface area contributed by atoms with Crippen LogP contribution in [0.25, 0.3) is 0 Å². The van der Waals surface area contributed by atoms with Gasteiger partial charge >= 0.3 is 5.97 Å². The van der Waals surface area contributed by atoms with Crippen molar-refractivity contribution in [2.24, 2.45) is 0 Å². The van der Waals surface area contributed by atoms with Crippen LogP contribution in [-0.2, 0) is 0 Å². The summed E-state index contributed by atoms with van der Waals surface area (Å²) in [7, 11) is 0. The molecule has 0 spiro atoms. The van der Waals surface area contributed by atoms with Gasteiger partial charge in [0, 0.05) is 10.7 Å². The van der Waals surface area contributed by atoms with E-state index in [9.17, 15) is 4.79 Å². The van der Waals surface area contributed by atoms with Gasteiger partial charge in [-0.15, -0.1) is 0 Å². The molecule has 1 aromatic rings. The Morgan fingerprint density at radius 3 is 2.88 bits per heavy atom. The molecular weight excluding hydrogens is 288 g/mol. The van der Waals surface area contributed by atoms with E-state index in [2.05, 4.69) is 26.2 Å².